The average Bonchev–Trinajstić information content (AvgIpc) is 3.38. The lowest BCUT2D eigenvalue weighted by molar-refractivity contribution is -0.170. The molecule has 44 heavy (non-hydrogen) atoms. The summed E-state index contributed by atoms with van der Waals surface area (Å²) in [5.41, 5.74) is 2.11. The lowest BCUT2D eigenvalue weighted by atomic mass is 10.1. The second-order valence-corrected chi connectivity index (χ2v) is 12.4. The van der Waals surface area contributed by atoms with Gasteiger partial charge in [0.15, 0.2) is 9.84 Å². The van der Waals surface area contributed by atoms with Gasteiger partial charge in [-0.05, 0) is 66.9 Å². The number of aryl methyl sites for hydroxylation is 1. The van der Waals surface area contributed by atoms with E-state index >= 15 is 0 Å². The van der Waals surface area contributed by atoms with Gasteiger partial charge in [-0.15, -0.1) is 0 Å². The summed E-state index contributed by atoms with van der Waals surface area (Å²) in [5.74, 6) is -1.98. The highest BCUT2D eigenvalue weighted by molar-refractivity contribution is 7.90. The third kappa shape index (κ3) is 7.71. The van der Waals surface area contributed by atoms with Crippen LogP contribution in [0.3, 0.4) is 0 Å². The van der Waals surface area contributed by atoms with Crippen LogP contribution in [0, 0.1) is 6.92 Å². The zero-order valence-electron chi connectivity index (χ0n) is 24.0. The lowest BCUT2D eigenvalue weighted by Gasteiger charge is -2.26. The van der Waals surface area contributed by atoms with Gasteiger partial charge < -0.3 is 14.1 Å². The fourth-order valence-electron chi connectivity index (χ4n) is 4.82. The Balaban J connectivity index is 1.28. The fraction of sp³-hybridized carbons (Fsp3) is 0.323. The predicted octanol–water partition coefficient (Wildman–Crippen LogP) is 4.99. The molecule has 0 saturated carbocycles. The van der Waals surface area contributed by atoms with Crippen LogP contribution < -0.4 is 4.90 Å². The van der Waals surface area contributed by atoms with E-state index < -0.39 is 21.9 Å². The van der Waals surface area contributed by atoms with Crippen molar-refractivity contribution >= 4 is 21.4 Å². The van der Waals surface area contributed by atoms with Crippen molar-refractivity contribution in [2.24, 2.45) is 0 Å². The van der Waals surface area contributed by atoms with Crippen LogP contribution in [-0.4, -0.2) is 68.2 Å². The van der Waals surface area contributed by atoms with Crippen LogP contribution >= 0.6 is 0 Å². The monoisotopic (exact) mass is 628 g/mol. The number of aromatic nitrogens is 2. The molecule has 1 saturated heterocycles. The number of ether oxygens (including phenoxy) is 1. The predicted molar refractivity (Wildman–Crippen MR) is 156 cm³/mol. The zero-order chi connectivity index (χ0) is 31.3. The minimum absolute atomic E-state index is 0.0133. The van der Waals surface area contributed by atoms with Gasteiger partial charge in [0, 0.05) is 43.3 Å². The first-order valence-electron chi connectivity index (χ1n) is 14.0. The maximum atomic E-state index is 13.4. The van der Waals surface area contributed by atoms with Gasteiger partial charge in [0.1, 0.15) is 11.5 Å². The van der Waals surface area contributed by atoms with Crippen LogP contribution in [0.1, 0.15) is 22.6 Å². The SMILES string of the molecule is Cc1oc(-c2ccc(N(Cc3cccnc3)C(=O)C(F)(F)F)cc2)nc1CS(=O)(=O)c1ccc(CCN2CCOCC2)cc1. The molecule has 4 aromatic rings. The molecule has 9 nitrogen and oxygen atoms in total. The number of halogens is 3. The molecule has 232 valence electrons. The number of sulfone groups is 1. The zero-order valence-corrected chi connectivity index (χ0v) is 24.8. The van der Waals surface area contributed by atoms with Crippen LogP contribution in [-0.2, 0) is 38.1 Å². The molecule has 0 atom stereocenters. The van der Waals surface area contributed by atoms with Gasteiger partial charge in [0.25, 0.3) is 0 Å². The number of oxazole rings is 1. The molecule has 1 aliphatic rings. The van der Waals surface area contributed by atoms with Crippen LogP contribution in [0.5, 0.6) is 0 Å². The van der Waals surface area contributed by atoms with Gasteiger partial charge in [0.2, 0.25) is 5.89 Å². The van der Waals surface area contributed by atoms with E-state index in [1.165, 1.54) is 36.7 Å². The Bertz CT molecular complexity index is 1670. The number of anilines is 1. The summed E-state index contributed by atoms with van der Waals surface area (Å²) in [6, 6.07) is 15.6. The third-order valence-electron chi connectivity index (χ3n) is 7.30. The Morgan fingerprint density at radius 1 is 1.00 bits per heavy atom. The highest BCUT2D eigenvalue weighted by Crippen LogP contribution is 2.30. The Labute approximate surface area is 253 Å². The molecular formula is C31H31F3N4O5S. The molecule has 1 amide bonds. The first-order valence-corrected chi connectivity index (χ1v) is 15.6. The summed E-state index contributed by atoms with van der Waals surface area (Å²) in [7, 11) is -3.73. The summed E-state index contributed by atoms with van der Waals surface area (Å²) in [4.78, 5) is 23.6. The van der Waals surface area contributed by atoms with E-state index in [9.17, 15) is 26.4 Å². The summed E-state index contributed by atoms with van der Waals surface area (Å²) in [5, 5.41) is 0. The molecule has 2 aromatic carbocycles. The average molecular weight is 629 g/mol. The Hall–Kier alpha value is -4.07. The summed E-state index contributed by atoms with van der Waals surface area (Å²) >= 11 is 0. The molecule has 13 heteroatoms. The van der Waals surface area contributed by atoms with E-state index in [0.717, 1.165) is 44.8 Å². The second kappa shape index (κ2) is 13.3. The largest absolute Gasteiger partial charge is 0.471 e. The fourth-order valence-corrected chi connectivity index (χ4v) is 6.16. The first-order chi connectivity index (χ1) is 21.0. The quantitative estimate of drug-likeness (QED) is 0.242. The molecule has 0 N–H and O–H groups in total. The minimum Gasteiger partial charge on any atom is -0.441 e. The summed E-state index contributed by atoms with van der Waals surface area (Å²) in [6.07, 6.45) is -1.41. The van der Waals surface area contributed by atoms with Gasteiger partial charge in [-0.1, -0.05) is 18.2 Å². The van der Waals surface area contributed by atoms with Crippen molar-refractivity contribution in [1.82, 2.24) is 14.9 Å². The molecule has 3 heterocycles. The smallest absolute Gasteiger partial charge is 0.441 e. The van der Waals surface area contributed by atoms with Gasteiger partial charge in [-0.2, -0.15) is 13.2 Å². The molecule has 0 spiro atoms. The normalized spacial score (nSPS) is 14.5. The second-order valence-electron chi connectivity index (χ2n) is 10.4. The molecule has 0 aliphatic carbocycles. The number of nitrogens with zero attached hydrogens (tertiary/aromatic N) is 4. The van der Waals surface area contributed by atoms with Crippen LogP contribution in [0.2, 0.25) is 0 Å². The van der Waals surface area contributed by atoms with Crippen molar-refractivity contribution < 1.29 is 35.5 Å². The number of carbonyl (C=O) groups excluding carboxylic acids is 1. The Morgan fingerprint density at radius 3 is 2.34 bits per heavy atom. The van der Waals surface area contributed by atoms with Crippen molar-refractivity contribution in [3.63, 3.8) is 0 Å². The molecule has 0 radical (unpaired) electrons. The maximum absolute atomic E-state index is 13.4. The number of hydrogen-bond acceptors (Lipinski definition) is 8. The van der Waals surface area contributed by atoms with E-state index in [0.29, 0.717) is 21.8 Å². The lowest BCUT2D eigenvalue weighted by Crippen LogP contribution is -2.40. The Morgan fingerprint density at radius 2 is 1.70 bits per heavy atom. The topological polar surface area (TPSA) is 106 Å². The number of rotatable bonds is 10. The number of morpholine rings is 1. The first kappa shape index (κ1) is 31.4. The van der Waals surface area contributed by atoms with Crippen molar-refractivity contribution in [2.45, 2.75) is 36.7 Å². The van der Waals surface area contributed by atoms with Gasteiger partial charge in [-0.25, -0.2) is 13.4 Å². The highest BCUT2D eigenvalue weighted by Gasteiger charge is 2.43. The van der Waals surface area contributed by atoms with E-state index in [1.807, 2.05) is 12.1 Å². The molecule has 0 bridgehead atoms. The number of hydrogen-bond donors (Lipinski definition) is 0. The van der Waals surface area contributed by atoms with E-state index in [-0.39, 0.29) is 34.5 Å². The van der Waals surface area contributed by atoms with Crippen LogP contribution in [0.15, 0.2) is 82.4 Å². The molecule has 0 unspecified atom stereocenters. The number of alkyl halides is 3. The third-order valence-corrected chi connectivity index (χ3v) is 8.94. The molecule has 1 aliphatic heterocycles. The molecule has 5 rings (SSSR count). The van der Waals surface area contributed by atoms with Crippen molar-refractivity contribution in [2.75, 3.05) is 37.7 Å². The van der Waals surface area contributed by atoms with Gasteiger partial charge in [-0.3, -0.25) is 14.7 Å². The number of benzene rings is 2. The van der Waals surface area contributed by atoms with Crippen molar-refractivity contribution in [1.29, 1.82) is 0 Å². The Kier molecular flexibility index (Phi) is 9.47. The summed E-state index contributed by atoms with van der Waals surface area (Å²) in [6.45, 7) is 5.36. The van der Waals surface area contributed by atoms with Gasteiger partial charge in [0.05, 0.1) is 30.3 Å². The molecule has 2 aromatic heterocycles. The number of amides is 1. The van der Waals surface area contributed by atoms with E-state index in [2.05, 4.69) is 14.9 Å². The van der Waals surface area contributed by atoms with Crippen LogP contribution in [0.4, 0.5) is 18.9 Å². The minimum atomic E-state index is -5.08. The molecular weight excluding hydrogens is 597 g/mol. The number of pyridine rings is 1. The highest BCUT2D eigenvalue weighted by atomic mass is 32.2. The summed E-state index contributed by atoms with van der Waals surface area (Å²) < 4.78 is 77.6. The van der Waals surface area contributed by atoms with Crippen molar-refractivity contribution in [3.8, 4) is 11.5 Å². The van der Waals surface area contributed by atoms with E-state index in [4.69, 9.17) is 9.15 Å². The molecule has 1 fully saturated rings. The number of carbonyl (C=O) groups is 1. The van der Waals surface area contributed by atoms with Crippen LogP contribution in [0.25, 0.3) is 11.5 Å². The van der Waals surface area contributed by atoms with E-state index in [1.54, 1.807) is 31.2 Å². The van der Waals surface area contributed by atoms with Crippen molar-refractivity contribution in [3.05, 3.63) is 95.6 Å². The van der Waals surface area contributed by atoms with Gasteiger partial charge >= 0.3 is 12.1 Å². The maximum Gasteiger partial charge on any atom is 0.471 e. The standard InChI is InChI=1S/C31H31F3N4O5S/c1-22-28(21-44(40,41)27-10-4-23(5-11-27)12-14-37-15-17-42-18-16-37)36-29(43-22)25-6-8-26(9-7-25)38(30(39)31(32,33)34)20-24-3-2-13-35-19-24/h2-11,13,19H,12,14-18,20-21H2,1H3.